The van der Waals surface area contributed by atoms with E-state index in [1.807, 2.05) is 24.3 Å². The van der Waals surface area contributed by atoms with Crippen LogP contribution in [0.1, 0.15) is 25.8 Å². The third-order valence-electron chi connectivity index (χ3n) is 2.41. The van der Waals surface area contributed by atoms with Gasteiger partial charge in [-0.15, -0.1) is 0 Å². The van der Waals surface area contributed by atoms with Gasteiger partial charge in [0.1, 0.15) is 5.75 Å². The summed E-state index contributed by atoms with van der Waals surface area (Å²) < 4.78 is 5.58. The van der Waals surface area contributed by atoms with E-state index in [-0.39, 0.29) is 5.91 Å². The van der Waals surface area contributed by atoms with Gasteiger partial charge in [0.15, 0.2) is 0 Å². The molecule has 3 N–H and O–H groups in total. The average Bonchev–Trinajstić information content (AvgIpc) is 2.31. The molecule has 0 aliphatic carbocycles. The van der Waals surface area contributed by atoms with Crippen LogP contribution in [0.5, 0.6) is 5.75 Å². The van der Waals surface area contributed by atoms with E-state index in [9.17, 15) is 4.79 Å². The molecule has 0 saturated heterocycles. The van der Waals surface area contributed by atoms with Crippen molar-refractivity contribution in [2.45, 2.75) is 26.7 Å². The van der Waals surface area contributed by atoms with Gasteiger partial charge in [-0.25, -0.2) is 5.84 Å². The Labute approximate surface area is 102 Å². The first-order valence-corrected chi connectivity index (χ1v) is 5.83. The molecule has 0 saturated carbocycles. The first-order valence-electron chi connectivity index (χ1n) is 5.83. The number of carbonyl (C=O) groups is 1. The molecule has 0 fully saturated rings. The van der Waals surface area contributed by atoms with Crippen LogP contribution < -0.4 is 16.0 Å². The van der Waals surface area contributed by atoms with Gasteiger partial charge in [0, 0.05) is 0 Å². The molecule has 1 rings (SSSR count). The highest BCUT2D eigenvalue weighted by Crippen LogP contribution is 2.13. The van der Waals surface area contributed by atoms with Gasteiger partial charge in [0.05, 0.1) is 13.0 Å². The SMILES string of the molecule is CC(C)CCOc1ccc(CC(=O)NN)cc1. The fourth-order valence-corrected chi connectivity index (χ4v) is 1.35. The van der Waals surface area contributed by atoms with E-state index in [0.717, 1.165) is 24.3 Å². The van der Waals surface area contributed by atoms with Gasteiger partial charge in [-0.3, -0.25) is 10.2 Å². The minimum atomic E-state index is -0.196. The number of nitrogens with two attached hydrogens (primary N) is 1. The molecule has 0 aliphatic heterocycles. The van der Waals surface area contributed by atoms with E-state index >= 15 is 0 Å². The van der Waals surface area contributed by atoms with Crippen molar-refractivity contribution in [2.24, 2.45) is 11.8 Å². The molecule has 0 unspecified atom stereocenters. The van der Waals surface area contributed by atoms with Crippen LogP contribution in [-0.2, 0) is 11.2 Å². The van der Waals surface area contributed by atoms with E-state index < -0.39 is 0 Å². The largest absolute Gasteiger partial charge is 0.494 e. The van der Waals surface area contributed by atoms with Crippen molar-refractivity contribution in [1.82, 2.24) is 5.43 Å². The fourth-order valence-electron chi connectivity index (χ4n) is 1.35. The Kier molecular flexibility index (Phi) is 5.49. The topological polar surface area (TPSA) is 64.3 Å². The molecule has 4 heteroatoms. The normalized spacial score (nSPS) is 10.4. The first kappa shape index (κ1) is 13.5. The predicted molar refractivity (Wildman–Crippen MR) is 67.4 cm³/mol. The van der Waals surface area contributed by atoms with Gasteiger partial charge in [-0.05, 0) is 30.0 Å². The van der Waals surface area contributed by atoms with Crippen LogP contribution in [-0.4, -0.2) is 12.5 Å². The molecule has 94 valence electrons. The number of hydrazine groups is 1. The molecule has 1 aromatic rings. The second-order valence-corrected chi connectivity index (χ2v) is 4.42. The lowest BCUT2D eigenvalue weighted by Gasteiger charge is -2.08. The van der Waals surface area contributed by atoms with Crippen molar-refractivity contribution in [3.8, 4) is 5.75 Å². The summed E-state index contributed by atoms with van der Waals surface area (Å²) in [5, 5.41) is 0. The minimum absolute atomic E-state index is 0.196. The van der Waals surface area contributed by atoms with Crippen molar-refractivity contribution in [1.29, 1.82) is 0 Å². The summed E-state index contributed by atoms with van der Waals surface area (Å²) in [4.78, 5) is 11.0. The quantitative estimate of drug-likeness (QED) is 0.448. The summed E-state index contributed by atoms with van der Waals surface area (Å²) in [7, 11) is 0. The van der Waals surface area contributed by atoms with Gasteiger partial charge in [-0.1, -0.05) is 26.0 Å². The van der Waals surface area contributed by atoms with Crippen molar-refractivity contribution in [3.63, 3.8) is 0 Å². The molecule has 4 nitrogen and oxygen atoms in total. The highest BCUT2D eigenvalue weighted by atomic mass is 16.5. The summed E-state index contributed by atoms with van der Waals surface area (Å²) >= 11 is 0. The zero-order chi connectivity index (χ0) is 12.7. The molecule has 0 atom stereocenters. The maximum Gasteiger partial charge on any atom is 0.238 e. The molecule has 17 heavy (non-hydrogen) atoms. The van der Waals surface area contributed by atoms with Crippen molar-refractivity contribution >= 4 is 5.91 Å². The zero-order valence-corrected chi connectivity index (χ0v) is 10.4. The van der Waals surface area contributed by atoms with Gasteiger partial charge >= 0.3 is 0 Å². The van der Waals surface area contributed by atoms with E-state index in [1.54, 1.807) is 0 Å². The number of benzene rings is 1. The summed E-state index contributed by atoms with van der Waals surface area (Å²) in [6.45, 7) is 5.05. The van der Waals surface area contributed by atoms with Crippen LogP contribution in [0, 0.1) is 5.92 Å². The Balaban J connectivity index is 2.42. The number of carbonyl (C=O) groups excluding carboxylic acids is 1. The Bertz CT molecular complexity index is 347. The lowest BCUT2D eigenvalue weighted by molar-refractivity contribution is -0.120. The number of hydrogen-bond acceptors (Lipinski definition) is 3. The van der Waals surface area contributed by atoms with Crippen LogP contribution >= 0.6 is 0 Å². The summed E-state index contributed by atoms with van der Waals surface area (Å²) in [6, 6.07) is 7.50. The monoisotopic (exact) mass is 236 g/mol. The van der Waals surface area contributed by atoms with Crippen LogP contribution in [0.25, 0.3) is 0 Å². The Morgan fingerprint density at radius 2 is 2.00 bits per heavy atom. The third-order valence-corrected chi connectivity index (χ3v) is 2.41. The molecular weight excluding hydrogens is 216 g/mol. The van der Waals surface area contributed by atoms with Gasteiger partial charge in [-0.2, -0.15) is 0 Å². The Hall–Kier alpha value is -1.55. The molecule has 0 bridgehead atoms. The summed E-state index contributed by atoms with van der Waals surface area (Å²) in [5.74, 6) is 6.30. The number of nitrogens with one attached hydrogen (secondary N) is 1. The zero-order valence-electron chi connectivity index (χ0n) is 10.4. The standard InChI is InChI=1S/C13H20N2O2/c1-10(2)7-8-17-12-5-3-11(4-6-12)9-13(16)15-14/h3-6,10H,7-9,14H2,1-2H3,(H,15,16). The van der Waals surface area contributed by atoms with Crippen molar-refractivity contribution in [2.75, 3.05) is 6.61 Å². The number of ether oxygens (including phenoxy) is 1. The van der Waals surface area contributed by atoms with E-state index in [1.165, 1.54) is 0 Å². The highest BCUT2D eigenvalue weighted by Gasteiger charge is 2.01. The lowest BCUT2D eigenvalue weighted by atomic mass is 10.1. The summed E-state index contributed by atoms with van der Waals surface area (Å²) in [5.41, 5.74) is 3.03. The molecule has 0 aliphatic rings. The molecular formula is C13H20N2O2. The average molecular weight is 236 g/mol. The number of rotatable bonds is 6. The smallest absolute Gasteiger partial charge is 0.238 e. The lowest BCUT2D eigenvalue weighted by Crippen LogP contribution is -2.31. The maximum atomic E-state index is 11.0. The Morgan fingerprint density at radius 3 is 2.53 bits per heavy atom. The second-order valence-electron chi connectivity index (χ2n) is 4.42. The van der Waals surface area contributed by atoms with Crippen LogP contribution in [0.15, 0.2) is 24.3 Å². The van der Waals surface area contributed by atoms with Crippen LogP contribution in [0.4, 0.5) is 0 Å². The number of amides is 1. The van der Waals surface area contributed by atoms with Crippen LogP contribution in [0.3, 0.4) is 0 Å². The van der Waals surface area contributed by atoms with E-state index in [0.29, 0.717) is 12.3 Å². The molecule has 1 amide bonds. The van der Waals surface area contributed by atoms with E-state index in [4.69, 9.17) is 10.6 Å². The first-order chi connectivity index (χ1) is 8.11. The number of hydrogen-bond donors (Lipinski definition) is 2. The predicted octanol–water partition coefficient (Wildman–Crippen LogP) is 1.64. The maximum absolute atomic E-state index is 11.0. The van der Waals surface area contributed by atoms with Gasteiger partial charge in [0.2, 0.25) is 5.91 Å². The van der Waals surface area contributed by atoms with E-state index in [2.05, 4.69) is 19.3 Å². The van der Waals surface area contributed by atoms with Crippen molar-refractivity contribution in [3.05, 3.63) is 29.8 Å². The fraction of sp³-hybridized carbons (Fsp3) is 0.462. The third kappa shape index (κ3) is 5.36. The second kappa shape index (κ2) is 6.91. The Morgan fingerprint density at radius 1 is 1.35 bits per heavy atom. The van der Waals surface area contributed by atoms with Gasteiger partial charge < -0.3 is 4.74 Å². The highest BCUT2D eigenvalue weighted by molar-refractivity contribution is 5.77. The summed E-state index contributed by atoms with van der Waals surface area (Å²) in [6.07, 6.45) is 1.33. The molecule has 1 aromatic carbocycles. The van der Waals surface area contributed by atoms with Crippen molar-refractivity contribution < 1.29 is 9.53 Å². The van der Waals surface area contributed by atoms with Gasteiger partial charge in [0.25, 0.3) is 0 Å². The van der Waals surface area contributed by atoms with Crippen LogP contribution in [0.2, 0.25) is 0 Å². The molecule has 0 aromatic heterocycles. The minimum Gasteiger partial charge on any atom is -0.494 e. The molecule has 0 spiro atoms. The molecule has 0 heterocycles. The molecule has 0 radical (unpaired) electrons.